The highest BCUT2D eigenvalue weighted by atomic mass is 32.2. The van der Waals surface area contributed by atoms with Gasteiger partial charge in [0.25, 0.3) is 0 Å². The summed E-state index contributed by atoms with van der Waals surface area (Å²) in [6, 6.07) is 5.61. The minimum Gasteiger partial charge on any atom is -0.379 e. The molecule has 0 atom stereocenters. The van der Waals surface area contributed by atoms with Gasteiger partial charge >= 0.3 is 0 Å². The molecule has 2 fully saturated rings. The van der Waals surface area contributed by atoms with E-state index in [1.54, 1.807) is 10.4 Å². The molecule has 0 spiro atoms. The number of piperidine rings is 1. The van der Waals surface area contributed by atoms with Crippen molar-refractivity contribution in [2.75, 3.05) is 52.5 Å². The van der Waals surface area contributed by atoms with Crippen LogP contribution in [0.5, 0.6) is 0 Å². The summed E-state index contributed by atoms with van der Waals surface area (Å²) in [7, 11) is -3.49. The van der Waals surface area contributed by atoms with Gasteiger partial charge in [-0.25, -0.2) is 8.42 Å². The van der Waals surface area contributed by atoms with Gasteiger partial charge in [0, 0.05) is 45.2 Å². The van der Waals surface area contributed by atoms with Crippen LogP contribution in [0.1, 0.15) is 36.8 Å². The summed E-state index contributed by atoms with van der Waals surface area (Å²) in [6.45, 7) is 5.61. The van der Waals surface area contributed by atoms with E-state index in [1.807, 2.05) is 12.1 Å². The minimum atomic E-state index is -3.49. The number of morpholine rings is 1. The maximum absolute atomic E-state index is 13.1. The van der Waals surface area contributed by atoms with E-state index in [0.29, 0.717) is 37.4 Å². The van der Waals surface area contributed by atoms with Crippen LogP contribution in [0, 0.1) is 5.92 Å². The van der Waals surface area contributed by atoms with E-state index in [1.165, 1.54) is 17.5 Å². The van der Waals surface area contributed by atoms with E-state index < -0.39 is 10.0 Å². The maximum Gasteiger partial charge on any atom is 0.243 e. The third-order valence-electron chi connectivity index (χ3n) is 6.61. The number of hydrogen-bond acceptors (Lipinski definition) is 5. The topological polar surface area (TPSA) is 79.0 Å². The molecule has 0 unspecified atom stereocenters. The van der Waals surface area contributed by atoms with Crippen LogP contribution in [0.3, 0.4) is 0 Å². The number of ether oxygens (including phenoxy) is 1. The molecule has 2 aliphatic heterocycles. The van der Waals surface area contributed by atoms with Crippen LogP contribution in [-0.2, 0) is 32.4 Å². The van der Waals surface area contributed by atoms with Crippen molar-refractivity contribution in [2.45, 2.75) is 43.4 Å². The normalized spacial score (nSPS) is 21.9. The second kappa shape index (κ2) is 9.77. The number of benzene rings is 1. The zero-order chi connectivity index (χ0) is 21.0. The first-order chi connectivity index (χ1) is 14.5. The summed E-state index contributed by atoms with van der Waals surface area (Å²) in [6.07, 6.45) is 5.47. The van der Waals surface area contributed by atoms with Gasteiger partial charge in [0.2, 0.25) is 15.9 Å². The van der Waals surface area contributed by atoms with E-state index in [4.69, 9.17) is 4.74 Å². The van der Waals surface area contributed by atoms with Gasteiger partial charge in [-0.15, -0.1) is 0 Å². The zero-order valence-corrected chi connectivity index (χ0v) is 18.5. The Balaban J connectivity index is 1.27. The smallest absolute Gasteiger partial charge is 0.243 e. The van der Waals surface area contributed by atoms with E-state index in [-0.39, 0.29) is 11.8 Å². The average Bonchev–Trinajstić information content (AvgIpc) is 2.79. The van der Waals surface area contributed by atoms with Gasteiger partial charge in [-0.05, 0) is 61.8 Å². The highest BCUT2D eigenvalue weighted by Crippen LogP contribution is 2.28. The Morgan fingerprint density at radius 2 is 1.73 bits per heavy atom. The Labute approximate surface area is 179 Å². The van der Waals surface area contributed by atoms with Crippen LogP contribution in [0.2, 0.25) is 0 Å². The Bertz CT molecular complexity index is 844. The number of amides is 1. The molecule has 0 bridgehead atoms. The largest absolute Gasteiger partial charge is 0.379 e. The lowest BCUT2D eigenvalue weighted by atomic mass is 9.92. The third kappa shape index (κ3) is 5.04. The van der Waals surface area contributed by atoms with Crippen molar-refractivity contribution < 1.29 is 17.9 Å². The first-order valence-electron chi connectivity index (χ1n) is 11.2. The molecule has 2 saturated heterocycles. The Kier molecular flexibility index (Phi) is 7.08. The van der Waals surface area contributed by atoms with Crippen molar-refractivity contribution in [3.63, 3.8) is 0 Å². The van der Waals surface area contributed by atoms with E-state index in [9.17, 15) is 13.2 Å². The van der Waals surface area contributed by atoms with Crippen molar-refractivity contribution in [1.29, 1.82) is 0 Å². The zero-order valence-electron chi connectivity index (χ0n) is 17.6. The molecule has 7 nitrogen and oxygen atoms in total. The number of sulfonamides is 1. The predicted octanol–water partition coefficient (Wildman–Crippen LogP) is 1.41. The van der Waals surface area contributed by atoms with Gasteiger partial charge in [0.05, 0.1) is 18.1 Å². The lowest BCUT2D eigenvalue weighted by Crippen LogP contribution is -2.45. The standard InChI is InChI=1S/C22H33N3O4S/c26-22(23-9-12-24-13-15-29-16-14-24)19-7-10-25(11-8-19)30(27,28)21-6-5-18-3-1-2-4-20(18)17-21/h5-6,17,19H,1-4,7-16H2,(H,23,26). The first-order valence-corrected chi connectivity index (χ1v) is 12.7. The summed E-state index contributed by atoms with van der Waals surface area (Å²) >= 11 is 0. The van der Waals surface area contributed by atoms with Crippen LogP contribution in [0.25, 0.3) is 0 Å². The molecule has 0 aromatic heterocycles. The lowest BCUT2D eigenvalue weighted by molar-refractivity contribution is -0.126. The second-order valence-corrected chi connectivity index (χ2v) is 10.5. The first kappa shape index (κ1) is 21.7. The van der Waals surface area contributed by atoms with E-state index >= 15 is 0 Å². The quantitative estimate of drug-likeness (QED) is 0.731. The number of hydrogen-bond donors (Lipinski definition) is 1. The number of rotatable bonds is 6. The lowest BCUT2D eigenvalue weighted by Gasteiger charge is -2.31. The monoisotopic (exact) mass is 435 g/mol. The number of nitrogens with one attached hydrogen (secondary N) is 1. The van der Waals surface area contributed by atoms with Gasteiger partial charge in [-0.2, -0.15) is 4.31 Å². The number of nitrogens with zero attached hydrogens (tertiary/aromatic N) is 2. The molecule has 0 saturated carbocycles. The summed E-state index contributed by atoms with van der Waals surface area (Å²) in [5.74, 6) is -0.0567. The molecule has 1 amide bonds. The van der Waals surface area contributed by atoms with Crippen molar-refractivity contribution >= 4 is 15.9 Å². The van der Waals surface area contributed by atoms with E-state index in [0.717, 1.165) is 52.1 Å². The van der Waals surface area contributed by atoms with Crippen molar-refractivity contribution in [3.05, 3.63) is 29.3 Å². The molecule has 1 aliphatic carbocycles. The molecule has 166 valence electrons. The summed E-state index contributed by atoms with van der Waals surface area (Å²) in [5.41, 5.74) is 2.46. The predicted molar refractivity (Wildman–Crippen MR) is 115 cm³/mol. The fraction of sp³-hybridized carbons (Fsp3) is 0.682. The van der Waals surface area contributed by atoms with Gasteiger partial charge in [0.1, 0.15) is 0 Å². The fourth-order valence-electron chi connectivity index (χ4n) is 4.68. The molecular weight excluding hydrogens is 402 g/mol. The Morgan fingerprint density at radius 1 is 1.03 bits per heavy atom. The number of fused-ring (bicyclic) bond motifs is 1. The van der Waals surface area contributed by atoms with Gasteiger partial charge in [-0.1, -0.05) is 6.07 Å². The Hall–Kier alpha value is -1.48. The SMILES string of the molecule is O=C(NCCN1CCOCC1)C1CCN(S(=O)(=O)c2ccc3c(c2)CCCC3)CC1. The summed E-state index contributed by atoms with van der Waals surface area (Å²) < 4.78 is 33.1. The molecule has 0 radical (unpaired) electrons. The van der Waals surface area contributed by atoms with Gasteiger partial charge < -0.3 is 10.1 Å². The molecule has 4 rings (SSSR count). The molecule has 30 heavy (non-hydrogen) atoms. The van der Waals surface area contributed by atoms with Crippen molar-refractivity contribution in [3.8, 4) is 0 Å². The fourth-order valence-corrected chi connectivity index (χ4v) is 6.20. The van der Waals surface area contributed by atoms with Crippen molar-refractivity contribution in [2.24, 2.45) is 5.92 Å². The minimum absolute atomic E-state index is 0.0501. The van der Waals surface area contributed by atoms with Crippen LogP contribution in [0.15, 0.2) is 23.1 Å². The highest BCUT2D eigenvalue weighted by molar-refractivity contribution is 7.89. The molecule has 2 heterocycles. The Morgan fingerprint density at radius 3 is 2.47 bits per heavy atom. The molecule has 1 aromatic rings. The maximum atomic E-state index is 13.1. The van der Waals surface area contributed by atoms with Gasteiger partial charge in [0.15, 0.2) is 0 Å². The number of carbonyl (C=O) groups is 1. The van der Waals surface area contributed by atoms with Gasteiger partial charge in [-0.3, -0.25) is 9.69 Å². The summed E-state index contributed by atoms with van der Waals surface area (Å²) in [4.78, 5) is 15.2. The van der Waals surface area contributed by atoms with Crippen molar-refractivity contribution in [1.82, 2.24) is 14.5 Å². The molecule has 8 heteroatoms. The molecule has 3 aliphatic rings. The van der Waals surface area contributed by atoms with E-state index in [2.05, 4.69) is 10.2 Å². The van der Waals surface area contributed by atoms with Crippen LogP contribution < -0.4 is 5.32 Å². The van der Waals surface area contributed by atoms with Crippen LogP contribution in [-0.4, -0.2) is 76.0 Å². The average molecular weight is 436 g/mol. The molecule has 1 N–H and O–H groups in total. The molecule has 1 aromatic carbocycles. The second-order valence-electron chi connectivity index (χ2n) is 8.56. The molecular formula is C22H33N3O4S. The number of carbonyl (C=O) groups excluding carboxylic acids is 1. The van der Waals surface area contributed by atoms with Crippen LogP contribution in [0.4, 0.5) is 0 Å². The highest BCUT2D eigenvalue weighted by Gasteiger charge is 2.32. The summed E-state index contributed by atoms with van der Waals surface area (Å²) in [5, 5.41) is 3.03. The third-order valence-corrected chi connectivity index (χ3v) is 8.51. The number of aryl methyl sites for hydroxylation is 2. The van der Waals surface area contributed by atoms with Crippen LogP contribution >= 0.6 is 0 Å².